The molecule has 0 radical (unpaired) electrons. The Balaban J connectivity index is 1.50. The van der Waals surface area contributed by atoms with Gasteiger partial charge in [-0.25, -0.2) is 0 Å². The second-order valence-electron chi connectivity index (χ2n) is 6.50. The van der Waals surface area contributed by atoms with Crippen molar-refractivity contribution in [1.82, 2.24) is 29.8 Å². The van der Waals surface area contributed by atoms with E-state index in [2.05, 4.69) is 32.3 Å². The van der Waals surface area contributed by atoms with E-state index in [4.69, 9.17) is 16.1 Å². The summed E-state index contributed by atoms with van der Waals surface area (Å²) in [6, 6.07) is 5.64. The molecule has 1 aliphatic heterocycles. The summed E-state index contributed by atoms with van der Waals surface area (Å²) in [4.78, 5) is 6.90. The van der Waals surface area contributed by atoms with Crippen molar-refractivity contribution >= 4 is 11.6 Å². The second-order valence-corrected chi connectivity index (χ2v) is 6.91. The van der Waals surface area contributed by atoms with Gasteiger partial charge in [-0.1, -0.05) is 16.8 Å². The predicted octanol–water partition coefficient (Wildman–Crippen LogP) is 2.86. The van der Waals surface area contributed by atoms with Gasteiger partial charge in [0.2, 0.25) is 0 Å². The van der Waals surface area contributed by atoms with Crippen LogP contribution >= 0.6 is 11.6 Å². The van der Waals surface area contributed by atoms with Crippen molar-refractivity contribution < 1.29 is 4.52 Å². The molecular formula is C17H19ClN6O. The molecule has 0 atom stereocenters. The molecule has 4 rings (SSSR count). The number of hydrogen-bond acceptors (Lipinski definition) is 6. The lowest BCUT2D eigenvalue weighted by atomic mass is 9.94. The van der Waals surface area contributed by atoms with Gasteiger partial charge in [0, 0.05) is 12.1 Å². The molecule has 0 amide bonds. The number of rotatable bonds is 4. The van der Waals surface area contributed by atoms with Crippen molar-refractivity contribution in [3.63, 3.8) is 0 Å². The van der Waals surface area contributed by atoms with E-state index in [1.165, 1.54) is 12.8 Å². The zero-order chi connectivity index (χ0) is 17.2. The van der Waals surface area contributed by atoms with E-state index in [0.29, 0.717) is 16.8 Å². The lowest BCUT2D eigenvalue weighted by Crippen LogP contribution is -2.31. The number of hydrogen-bond donors (Lipinski definition) is 0. The van der Waals surface area contributed by atoms with E-state index < -0.39 is 0 Å². The monoisotopic (exact) mass is 358 g/mol. The fourth-order valence-electron chi connectivity index (χ4n) is 3.14. The maximum atomic E-state index is 6.41. The average molecular weight is 359 g/mol. The normalized spacial score (nSPS) is 16.4. The van der Waals surface area contributed by atoms with Crippen molar-refractivity contribution in [2.24, 2.45) is 5.92 Å². The van der Waals surface area contributed by atoms with Crippen molar-refractivity contribution in [2.45, 2.75) is 19.3 Å². The summed E-state index contributed by atoms with van der Waals surface area (Å²) >= 11 is 6.41. The highest BCUT2D eigenvalue weighted by atomic mass is 35.5. The zero-order valence-corrected chi connectivity index (χ0v) is 14.7. The first-order valence-electron chi connectivity index (χ1n) is 8.35. The molecule has 1 aromatic carbocycles. The molecule has 0 saturated carbocycles. The van der Waals surface area contributed by atoms with Gasteiger partial charge in [-0.05, 0) is 57.1 Å². The maximum Gasteiger partial charge on any atom is 0.259 e. The van der Waals surface area contributed by atoms with Crippen LogP contribution in [0.4, 0.5) is 0 Å². The number of likely N-dealkylation sites (tertiary alicyclic amines) is 1. The quantitative estimate of drug-likeness (QED) is 0.714. The van der Waals surface area contributed by atoms with E-state index >= 15 is 0 Å². The van der Waals surface area contributed by atoms with Crippen molar-refractivity contribution in [3.05, 3.63) is 41.7 Å². The largest absolute Gasteiger partial charge is 0.334 e. The smallest absolute Gasteiger partial charge is 0.259 e. The Kier molecular flexibility index (Phi) is 4.50. The lowest BCUT2D eigenvalue weighted by Gasteiger charge is -2.27. The predicted molar refractivity (Wildman–Crippen MR) is 93.6 cm³/mol. The fraction of sp³-hybridized carbons (Fsp3) is 0.412. The molecule has 3 aromatic rings. The van der Waals surface area contributed by atoms with Crippen molar-refractivity contribution in [1.29, 1.82) is 0 Å². The van der Waals surface area contributed by atoms with Gasteiger partial charge < -0.3 is 9.42 Å². The molecule has 1 saturated heterocycles. The van der Waals surface area contributed by atoms with E-state index in [1.54, 1.807) is 17.2 Å². The van der Waals surface area contributed by atoms with Gasteiger partial charge in [-0.3, -0.25) is 4.57 Å². The molecule has 0 N–H and O–H groups in total. The first-order valence-corrected chi connectivity index (χ1v) is 8.73. The molecule has 0 spiro atoms. The van der Waals surface area contributed by atoms with Gasteiger partial charge in [0.25, 0.3) is 5.89 Å². The first-order chi connectivity index (χ1) is 12.2. The Bertz CT molecular complexity index is 839. The van der Waals surface area contributed by atoms with Crippen LogP contribution in [-0.2, 0) is 6.42 Å². The minimum atomic E-state index is 0.461. The number of halogens is 1. The summed E-state index contributed by atoms with van der Waals surface area (Å²) < 4.78 is 7.22. The summed E-state index contributed by atoms with van der Waals surface area (Å²) in [6.45, 7) is 2.26. The number of nitrogens with zero attached hydrogens (tertiary/aromatic N) is 6. The number of piperidine rings is 1. The Hall–Kier alpha value is -2.25. The van der Waals surface area contributed by atoms with Gasteiger partial charge >= 0.3 is 0 Å². The van der Waals surface area contributed by atoms with Crippen LogP contribution in [0.3, 0.4) is 0 Å². The van der Waals surface area contributed by atoms with Crippen LogP contribution in [0.25, 0.3) is 17.1 Å². The van der Waals surface area contributed by atoms with Gasteiger partial charge in [0.1, 0.15) is 12.7 Å². The Labute approximate surface area is 150 Å². The Morgan fingerprint density at radius 1 is 1.20 bits per heavy atom. The van der Waals surface area contributed by atoms with E-state index in [0.717, 1.165) is 36.6 Å². The van der Waals surface area contributed by atoms with Gasteiger partial charge in [0.05, 0.1) is 10.6 Å². The summed E-state index contributed by atoms with van der Waals surface area (Å²) in [5.41, 5.74) is 1.62. The van der Waals surface area contributed by atoms with Crippen molar-refractivity contribution in [2.75, 3.05) is 20.1 Å². The fourth-order valence-corrected chi connectivity index (χ4v) is 3.40. The summed E-state index contributed by atoms with van der Waals surface area (Å²) in [5, 5.41) is 12.3. The van der Waals surface area contributed by atoms with Crippen LogP contribution < -0.4 is 0 Å². The van der Waals surface area contributed by atoms with Crippen LogP contribution in [0.2, 0.25) is 5.02 Å². The van der Waals surface area contributed by atoms with E-state index in [1.807, 2.05) is 18.2 Å². The highest BCUT2D eigenvalue weighted by molar-refractivity contribution is 6.33. The molecule has 25 heavy (non-hydrogen) atoms. The third-order valence-corrected chi connectivity index (χ3v) is 4.99. The van der Waals surface area contributed by atoms with Crippen LogP contribution in [0.5, 0.6) is 0 Å². The standard InChI is InChI=1S/C17H19ClN6O/c1-23-6-4-12(5-7-23)8-16-21-17(25-22-16)14-3-2-13(9-15(14)18)24-10-19-20-11-24/h2-3,9-12H,4-8H2,1H3. The summed E-state index contributed by atoms with van der Waals surface area (Å²) in [7, 11) is 2.16. The molecular weight excluding hydrogens is 340 g/mol. The molecule has 0 unspecified atom stereocenters. The van der Waals surface area contributed by atoms with E-state index in [9.17, 15) is 0 Å². The summed E-state index contributed by atoms with van der Waals surface area (Å²) in [5.74, 6) is 1.83. The van der Waals surface area contributed by atoms with Gasteiger partial charge in [-0.2, -0.15) is 4.98 Å². The van der Waals surface area contributed by atoms with Crippen LogP contribution in [0, 0.1) is 5.92 Å². The zero-order valence-electron chi connectivity index (χ0n) is 14.0. The second kappa shape index (κ2) is 6.93. The van der Waals surface area contributed by atoms with Crippen LogP contribution in [0.15, 0.2) is 35.4 Å². The third kappa shape index (κ3) is 3.57. The molecule has 0 bridgehead atoms. The van der Waals surface area contributed by atoms with Gasteiger partial charge in [-0.15, -0.1) is 10.2 Å². The number of benzene rings is 1. The van der Waals surface area contributed by atoms with Crippen molar-refractivity contribution in [3.8, 4) is 17.1 Å². The minimum absolute atomic E-state index is 0.461. The molecule has 7 nitrogen and oxygen atoms in total. The Morgan fingerprint density at radius 2 is 1.96 bits per heavy atom. The molecule has 8 heteroatoms. The minimum Gasteiger partial charge on any atom is -0.334 e. The maximum absolute atomic E-state index is 6.41. The van der Waals surface area contributed by atoms with E-state index in [-0.39, 0.29) is 0 Å². The Morgan fingerprint density at radius 3 is 2.68 bits per heavy atom. The molecule has 130 valence electrons. The highest BCUT2D eigenvalue weighted by Crippen LogP contribution is 2.29. The van der Waals surface area contributed by atoms with Crippen LogP contribution in [0.1, 0.15) is 18.7 Å². The third-order valence-electron chi connectivity index (χ3n) is 4.68. The average Bonchev–Trinajstić information content (AvgIpc) is 3.29. The molecule has 1 aliphatic rings. The molecule has 0 aliphatic carbocycles. The lowest BCUT2D eigenvalue weighted by molar-refractivity contribution is 0.216. The highest BCUT2D eigenvalue weighted by Gasteiger charge is 2.20. The molecule has 1 fully saturated rings. The van der Waals surface area contributed by atoms with Crippen LogP contribution in [-0.4, -0.2) is 49.9 Å². The molecule has 3 heterocycles. The first kappa shape index (κ1) is 16.2. The molecule has 2 aromatic heterocycles. The van der Waals surface area contributed by atoms with Gasteiger partial charge in [0.15, 0.2) is 5.82 Å². The summed E-state index contributed by atoms with van der Waals surface area (Å²) in [6.07, 6.45) is 6.45. The number of aromatic nitrogens is 5. The SMILES string of the molecule is CN1CCC(Cc2noc(-c3ccc(-n4cnnc4)cc3Cl)n2)CC1. The topological polar surface area (TPSA) is 72.9 Å².